The molecule has 0 radical (unpaired) electrons. The van der Waals surface area contributed by atoms with Gasteiger partial charge in [-0.05, 0) is 18.8 Å². The van der Waals surface area contributed by atoms with E-state index in [1.54, 1.807) is 6.08 Å². The van der Waals surface area contributed by atoms with Crippen LogP contribution in [0.3, 0.4) is 0 Å². The van der Waals surface area contributed by atoms with Crippen molar-refractivity contribution >= 4 is 22.0 Å². The second kappa shape index (κ2) is 5.27. The van der Waals surface area contributed by atoms with Crippen molar-refractivity contribution in [1.29, 1.82) is 0 Å². The molecule has 2 N–H and O–H groups in total. The number of carbonyl (C=O) groups excluding carboxylic acids is 1. The smallest absolute Gasteiger partial charge is 0.307 e. The van der Waals surface area contributed by atoms with E-state index < -0.39 is 39.2 Å². The molecule has 7 nitrogen and oxygen atoms in total. The third-order valence-electron chi connectivity index (χ3n) is 4.12. The highest BCUT2D eigenvalue weighted by molar-refractivity contribution is 7.85. The third-order valence-corrected chi connectivity index (χ3v) is 4.50. The van der Waals surface area contributed by atoms with Crippen LogP contribution in [0.4, 0.5) is 0 Å². The summed E-state index contributed by atoms with van der Waals surface area (Å²) in [5.41, 5.74) is 1.22. The minimum Gasteiger partial charge on any atom is -0.481 e. The second-order valence-corrected chi connectivity index (χ2v) is 7.12. The van der Waals surface area contributed by atoms with Gasteiger partial charge in [0.05, 0.1) is 18.1 Å². The molecule has 0 heterocycles. The molecule has 2 bridgehead atoms. The van der Waals surface area contributed by atoms with Crippen LogP contribution in [0.5, 0.6) is 0 Å². The molecule has 8 heteroatoms. The first-order valence-electron chi connectivity index (χ1n) is 6.41. The highest BCUT2D eigenvalue weighted by Gasteiger charge is 2.59. The summed E-state index contributed by atoms with van der Waals surface area (Å²) in [6.45, 7) is 3.64. The topological polar surface area (TPSA) is 110 Å². The highest BCUT2D eigenvalue weighted by atomic mass is 32.2. The monoisotopic (exact) mass is 315 g/mol. The molecule has 4 atom stereocenters. The van der Waals surface area contributed by atoms with Crippen molar-refractivity contribution in [2.75, 3.05) is 6.26 Å². The summed E-state index contributed by atoms with van der Waals surface area (Å²) in [5, 5.41) is 9.37. The molecule has 0 spiro atoms. The van der Waals surface area contributed by atoms with Gasteiger partial charge < -0.3 is 5.11 Å². The summed E-state index contributed by atoms with van der Waals surface area (Å²) in [7, 11) is -3.85. The van der Waals surface area contributed by atoms with E-state index in [4.69, 9.17) is 0 Å². The van der Waals surface area contributed by atoms with E-state index in [-0.39, 0.29) is 5.92 Å². The summed E-state index contributed by atoms with van der Waals surface area (Å²) in [4.78, 5) is 23.7. The Morgan fingerprint density at radius 2 is 2.24 bits per heavy atom. The van der Waals surface area contributed by atoms with E-state index in [9.17, 15) is 23.1 Å². The molecule has 0 aromatic rings. The van der Waals surface area contributed by atoms with Gasteiger partial charge in [0, 0.05) is 5.41 Å². The number of hydroxylamine groups is 1. The van der Waals surface area contributed by atoms with Crippen molar-refractivity contribution in [1.82, 2.24) is 5.48 Å². The molecule has 21 heavy (non-hydrogen) atoms. The Labute approximate surface area is 122 Å². The first kappa shape index (κ1) is 15.7. The minimum absolute atomic E-state index is 0.239. The molecule has 0 aromatic carbocycles. The molecule has 2 aliphatic rings. The van der Waals surface area contributed by atoms with Crippen LogP contribution in [-0.4, -0.2) is 31.7 Å². The fraction of sp³-hybridized carbons (Fsp3) is 0.538. The van der Waals surface area contributed by atoms with Crippen molar-refractivity contribution in [3.05, 3.63) is 24.8 Å². The lowest BCUT2D eigenvalue weighted by atomic mass is 9.71. The molecule has 1 amide bonds. The number of carbonyl (C=O) groups is 2. The standard InChI is InChI=1S/C13H17NO6S/c1-3-5-13-6-4-8(7-13)9(12(16)17)10(13)11(15)14-20-21(2,18)19/h3-4,6,8-10H,1,5,7H2,2H3,(H,14,15)(H,16,17). The molecule has 2 aliphatic carbocycles. The number of allylic oxidation sites excluding steroid dienone is 3. The average Bonchev–Trinajstić information content (AvgIpc) is 2.90. The average molecular weight is 315 g/mol. The zero-order chi connectivity index (χ0) is 15.8. The van der Waals surface area contributed by atoms with E-state index >= 15 is 0 Å². The zero-order valence-corrected chi connectivity index (χ0v) is 12.3. The van der Waals surface area contributed by atoms with Crippen molar-refractivity contribution < 1.29 is 27.4 Å². The normalized spacial score (nSPS) is 33.9. The van der Waals surface area contributed by atoms with Crippen molar-refractivity contribution in [2.24, 2.45) is 23.2 Å². The Kier molecular flexibility index (Phi) is 3.94. The number of carboxylic acids is 1. The summed E-state index contributed by atoms with van der Waals surface area (Å²) < 4.78 is 26.2. The molecule has 1 fully saturated rings. The van der Waals surface area contributed by atoms with Crippen LogP contribution in [0, 0.1) is 23.2 Å². The zero-order valence-electron chi connectivity index (χ0n) is 11.5. The number of amides is 1. The third kappa shape index (κ3) is 2.86. The maximum Gasteiger partial charge on any atom is 0.307 e. The Bertz CT molecular complexity index is 610. The second-order valence-electron chi connectivity index (χ2n) is 5.55. The van der Waals surface area contributed by atoms with Gasteiger partial charge in [-0.25, -0.2) is 5.48 Å². The molecule has 0 saturated heterocycles. The fourth-order valence-electron chi connectivity index (χ4n) is 3.45. The van der Waals surface area contributed by atoms with Crippen LogP contribution in [0.2, 0.25) is 0 Å². The quantitative estimate of drug-likeness (QED) is 0.544. The molecular formula is C13H17NO6S. The fourth-order valence-corrected chi connectivity index (χ4v) is 3.68. The number of nitrogens with one attached hydrogen (secondary N) is 1. The van der Waals surface area contributed by atoms with Gasteiger partial charge in [-0.2, -0.15) is 8.42 Å². The van der Waals surface area contributed by atoms with E-state index in [2.05, 4.69) is 10.9 Å². The predicted molar refractivity (Wildman–Crippen MR) is 73.2 cm³/mol. The number of aliphatic carboxylic acids is 1. The molecule has 0 aromatic heterocycles. The van der Waals surface area contributed by atoms with Crippen molar-refractivity contribution in [3.8, 4) is 0 Å². The Morgan fingerprint density at radius 1 is 1.57 bits per heavy atom. The maximum atomic E-state index is 12.2. The van der Waals surface area contributed by atoms with Gasteiger partial charge in [-0.15, -0.1) is 10.9 Å². The number of hydrogen-bond donors (Lipinski definition) is 2. The van der Waals surface area contributed by atoms with Crippen LogP contribution in [0.25, 0.3) is 0 Å². The highest BCUT2D eigenvalue weighted by Crippen LogP contribution is 2.58. The van der Waals surface area contributed by atoms with E-state index in [1.165, 1.54) is 0 Å². The molecular weight excluding hydrogens is 298 g/mol. The summed E-state index contributed by atoms with van der Waals surface area (Å²) in [6, 6.07) is 0. The van der Waals surface area contributed by atoms with Crippen LogP contribution < -0.4 is 5.48 Å². The SMILES string of the molecule is C=CCC12C=CC(C1)C(C(=O)O)C2C(=O)NOS(C)(=O)=O. The maximum absolute atomic E-state index is 12.2. The number of fused-ring (bicyclic) bond motifs is 2. The van der Waals surface area contributed by atoms with Gasteiger partial charge in [0.15, 0.2) is 0 Å². The predicted octanol–water partition coefficient (Wildman–Crippen LogP) is 0.463. The lowest BCUT2D eigenvalue weighted by Crippen LogP contribution is -2.44. The van der Waals surface area contributed by atoms with E-state index in [1.807, 2.05) is 17.6 Å². The van der Waals surface area contributed by atoms with Gasteiger partial charge in [0.2, 0.25) is 5.91 Å². The number of carboxylic acid groups (broad SMARTS) is 1. The molecule has 1 saturated carbocycles. The van der Waals surface area contributed by atoms with Crippen LogP contribution in [-0.2, 0) is 24.0 Å². The van der Waals surface area contributed by atoms with Gasteiger partial charge in [-0.1, -0.05) is 18.2 Å². The van der Waals surface area contributed by atoms with Crippen LogP contribution in [0.1, 0.15) is 12.8 Å². The largest absolute Gasteiger partial charge is 0.481 e. The summed E-state index contributed by atoms with van der Waals surface area (Å²) >= 11 is 0. The lowest BCUT2D eigenvalue weighted by molar-refractivity contribution is -0.150. The van der Waals surface area contributed by atoms with Crippen molar-refractivity contribution in [3.63, 3.8) is 0 Å². The van der Waals surface area contributed by atoms with Gasteiger partial charge >= 0.3 is 5.97 Å². The van der Waals surface area contributed by atoms with Crippen LogP contribution in [0.15, 0.2) is 24.8 Å². The van der Waals surface area contributed by atoms with Gasteiger partial charge in [-0.3, -0.25) is 9.59 Å². The van der Waals surface area contributed by atoms with E-state index in [0.717, 1.165) is 6.26 Å². The van der Waals surface area contributed by atoms with Gasteiger partial charge in [0.25, 0.3) is 10.1 Å². The Morgan fingerprint density at radius 3 is 2.76 bits per heavy atom. The first-order chi connectivity index (χ1) is 9.70. The molecule has 4 unspecified atom stereocenters. The summed E-state index contributed by atoms with van der Waals surface area (Å²) in [5.74, 6) is -3.82. The number of hydrogen-bond acceptors (Lipinski definition) is 5. The van der Waals surface area contributed by atoms with Crippen LogP contribution >= 0.6 is 0 Å². The first-order valence-corrected chi connectivity index (χ1v) is 8.23. The molecule has 116 valence electrons. The molecule has 2 rings (SSSR count). The minimum atomic E-state index is -3.85. The lowest BCUT2D eigenvalue weighted by Gasteiger charge is -2.32. The van der Waals surface area contributed by atoms with Gasteiger partial charge in [0.1, 0.15) is 0 Å². The Hall–Kier alpha value is -1.67. The Balaban J connectivity index is 2.28. The molecule has 0 aliphatic heterocycles. The number of rotatable bonds is 6. The summed E-state index contributed by atoms with van der Waals surface area (Å²) in [6.07, 6.45) is 7.05. The van der Waals surface area contributed by atoms with E-state index in [0.29, 0.717) is 12.8 Å². The van der Waals surface area contributed by atoms with Crippen molar-refractivity contribution in [2.45, 2.75) is 12.8 Å².